The maximum Gasteiger partial charge on any atom is 0.338 e. The molecule has 23 heavy (non-hydrogen) atoms. The molecule has 0 radical (unpaired) electrons. The molecule has 0 unspecified atom stereocenters. The quantitative estimate of drug-likeness (QED) is 0.663. The molecule has 118 valence electrons. The van der Waals surface area contributed by atoms with E-state index in [2.05, 4.69) is 15.6 Å². The van der Waals surface area contributed by atoms with Crippen molar-refractivity contribution >= 4 is 29.3 Å². The van der Waals surface area contributed by atoms with Crippen LogP contribution in [0.3, 0.4) is 0 Å². The molecule has 1 heterocycles. The number of hydrogen-bond donors (Lipinski definition) is 2. The molecule has 2 rings (SSSR count). The Labute approximate surface area is 132 Å². The van der Waals surface area contributed by atoms with Crippen LogP contribution in [0.5, 0.6) is 0 Å². The van der Waals surface area contributed by atoms with Crippen LogP contribution in [-0.4, -0.2) is 29.4 Å². The minimum atomic E-state index is -0.835. The molecule has 0 spiro atoms. The van der Waals surface area contributed by atoms with Crippen molar-refractivity contribution in [3.63, 3.8) is 0 Å². The van der Waals surface area contributed by atoms with E-state index in [1.807, 2.05) is 0 Å². The first kappa shape index (κ1) is 16.2. The third kappa shape index (κ3) is 4.63. The fraction of sp³-hybridized carbons (Fsp3) is 0.125. The highest BCUT2D eigenvalue weighted by Gasteiger charge is 2.14. The number of benzene rings is 1. The van der Waals surface area contributed by atoms with Crippen LogP contribution in [0.4, 0.5) is 11.5 Å². The van der Waals surface area contributed by atoms with Crippen LogP contribution in [0.25, 0.3) is 0 Å². The number of ether oxygens (including phenoxy) is 1. The Hall–Kier alpha value is -3.22. The number of nitrogens with zero attached hydrogens (tertiary/aromatic N) is 1. The van der Waals surface area contributed by atoms with Gasteiger partial charge < -0.3 is 15.4 Å². The van der Waals surface area contributed by atoms with Crippen molar-refractivity contribution in [2.45, 2.75) is 6.92 Å². The number of aromatic nitrogens is 1. The Morgan fingerprint density at radius 2 is 1.70 bits per heavy atom. The van der Waals surface area contributed by atoms with E-state index in [0.717, 1.165) is 0 Å². The smallest absolute Gasteiger partial charge is 0.338 e. The van der Waals surface area contributed by atoms with Gasteiger partial charge >= 0.3 is 17.8 Å². The largest absolute Gasteiger partial charge is 0.462 e. The summed E-state index contributed by atoms with van der Waals surface area (Å²) in [7, 11) is 0. The SMILES string of the molecule is CCOC(=O)c1ccc(NC(=O)C(=O)Nc2ccccn2)cc1. The van der Waals surface area contributed by atoms with E-state index in [1.165, 1.54) is 30.5 Å². The van der Waals surface area contributed by atoms with E-state index in [9.17, 15) is 14.4 Å². The Kier molecular flexibility index (Phi) is 5.40. The third-order valence-electron chi connectivity index (χ3n) is 2.77. The van der Waals surface area contributed by atoms with Crippen LogP contribution < -0.4 is 10.6 Å². The van der Waals surface area contributed by atoms with Crippen LogP contribution in [0.1, 0.15) is 17.3 Å². The molecule has 0 atom stereocenters. The number of hydrogen-bond acceptors (Lipinski definition) is 5. The summed E-state index contributed by atoms with van der Waals surface area (Å²) in [6.07, 6.45) is 1.50. The van der Waals surface area contributed by atoms with Crippen LogP contribution in [0, 0.1) is 0 Å². The summed E-state index contributed by atoms with van der Waals surface area (Å²) < 4.78 is 4.86. The van der Waals surface area contributed by atoms with Crippen molar-refractivity contribution in [1.82, 2.24) is 4.98 Å². The highest BCUT2D eigenvalue weighted by molar-refractivity contribution is 6.43. The number of esters is 1. The monoisotopic (exact) mass is 313 g/mol. The molecule has 7 heteroatoms. The van der Waals surface area contributed by atoms with Crippen molar-refractivity contribution in [2.24, 2.45) is 0 Å². The zero-order valence-corrected chi connectivity index (χ0v) is 12.4. The first-order valence-corrected chi connectivity index (χ1v) is 6.90. The van der Waals surface area contributed by atoms with Crippen molar-refractivity contribution < 1.29 is 19.1 Å². The summed E-state index contributed by atoms with van der Waals surface area (Å²) in [6, 6.07) is 11.0. The molecule has 0 aliphatic carbocycles. The Morgan fingerprint density at radius 3 is 2.30 bits per heavy atom. The van der Waals surface area contributed by atoms with Gasteiger partial charge in [0.1, 0.15) is 5.82 Å². The molecule has 7 nitrogen and oxygen atoms in total. The van der Waals surface area contributed by atoms with Crippen LogP contribution in [0.2, 0.25) is 0 Å². The van der Waals surface area contributed by atoms with Gasteiger partial charge in [0.15, 0.2) is 0 Å². The number of amides is 2. The zero-order valence-electron chi connectivity index (χ0n) is 12.4. The van der Waals surface area contributed by atoms with Gasteiger partial charge in [-0.1, -0.05) is 6.07 Å². The molecule has 0 aliphatic heterocycles. The lowest BCUT2D eigenvalue weighted by Gasteiger charge is -2.07. The second-order valence-electron chi connectivity index (χ2n) is 4.42. The Morgan fingerprint density at radius 1 is 1.00 bits per heavy atom. The number of carbonyl (C=O) groups is 3. The fourth-order valence-electron chi connectivity index (χ4n) is 1.70. The van der Waals surface area contributed by atoms with E-state index in [-0.39, 0.29) is 12.4 Å². The molecule has 2 amide bonds. The standard InChI is InChI=1S/C16H15N3O4/c1-2-23-16(22)11-6-8-12(9-7-11)18-14(20)15(21)19-13-5-3-4-10-17-13/h3-10H,2H2,1H3,(H,18,20)(H,17,19,21). The normalized spacial score (nSPS) is 9.78. The molecule has 1 aromatic carbocycles. The average Bonchev–Trinajstić information content (AvgIpc) is 2.56. The van der Waals surface area contributed by atoms with Gasteiger partial charge in [0.05, 0.1) is 12.2 Å². The average molecular weight is 313 g/mol. The predicted octanol–water partition coefficient (Wildman–Crippen LogP) is 1.84. The molecule has 0 saturated heterocycles. The van der Waals surface area contributed by atoms with E-state index >= 15 is 0 Å². The number of nitrogens with one attached hydrogen (secondary N) is 2. The Balaban J connectivity index is 1.94. The molecular weight excluding hydrogens is 298 g/mol. The van der Waals surface area contributed by atoms with Crippen molar-refractivity contribution in [2.75, 3.05) is 17.2 Å². The summed E-state index contributed by atoms with van der Waals surface area (Å²) in [4.78, 5) is 38.9. The second kappa shape index (κ2) is 7.69. The highest BCUT2D eigenvalue weighted by Crippen LogP contribution is 2.11. The minimum absolute atomic E-state index is 0.283. The van der Waals surface area contributed by atoms with E-state index in [0.29, 0.717) is 11.3 Å². The van der Waals surface area contributed by atoms with Crippen molar-refractivity contribution in [1.29, 1.82) is 0 Å². The molecule has 0 aliphatic rings. The predicted molar refractivity (Wildman–Crippen MR) is 83.9 cm³/mol. The van der Waals surface area contributed by atoms with E-state index in [1.54, 1.807) is 25.1 Å². The third-order valence-corrected chi connectivity index (χ3v) is 2.77. The molecule has 0 bridgehead atoms. The summed E-state index contributed by atoms with van der Waals surface area (Å²) >= 11 is 0. The highest BCUT2D eigenvalue weighted by atomic mass is 16.5. The number of pyridine rings is 1. The number of rotatable bonds is 4. The molecule has 0 saturated carbocycles. The van der Waals surface area contributed by atoms with Crippen molar-refractivity contribution in [3.8, 4) is 0 Å². The molecular formula is C16H15N3O4. The topological polar surface area (TPSA) is 97.4 Å². The van der Waals surface area contributed by atoms with Crippen LogP contribution in [0.15, 0.2) is 48.7 Å². The van der Waals surface area contributed by atoms with Gasteiger partial charge in [0.25, 0.3) is 0 Å². The fourth-order valence-corrected chi connectivity index (χ4v) is 1.70. The number of anilines is 2. The van der Waals surface area contributed by atoms with Gasteiger partial charge in [-0.25, -0.2) is 9.78 Å². The van der Waals surface area contributed by atoms with Crippen LogP contribution in [-0.2, 0) is 14.3 Å². The molecule has 2 aromatic rings. The van der Waals surface area contributed by atoms with Gasteiger partial charge in [-0.15, -0.1) is 0 Å². The maximum atomic E-state index is 11.8. The van der Waals surface area contributed by atoms with E-state index < -0.39 is 17.8 Å². The summed E-state index contributed by atoms with van der Waals surface area (Å²) in [5, 5.41) is 4.80. The molecule has 1 aromatic heterocycles. The van der Waals surface area contributed by atoms with E-state index in [4.69, 9.17) is 4.74 Å². The molecule has 0 fully saturated rings. The van der Waals surface area contributed by atoms with Crippen LogP contribution >= 0.6 is 0 Å². The first-order valence-electron chi connectivity index (χ1n) is 6.90. The Bertz CT molecular complexity index is 699. The van der Waals surface area contributed by atoms with Gasteiger partial charge in [-0.05, 0) is 43.3 Å². The lowest BCUT2D eigenvalue weighted by atomic mass is 10.2. The number of carbonyl (C=O) groups excluding carboxylic acids is 3. The van der Waals surface area contributed by atoms with Gasteiger partial charge in [-0.3, -0.25) is 9.59 Å². The zero-order chi connectivity index (χ0) is 16.7. The van der Waals surface area contributed by atoms with Gasteiger partial charge in [0.2, 0.25) is 0 Å². The summed E-state index contributed by atoms with van der Waals surface area (Å²) in [5.74, 6) is -1.83. The van der Waals surface area contributed by atoms with Gasteiger partial charge in [0, 0.05) is 11.9 Å². The maximum absolute atomic E-state index is 11.8. The van der Waals surface area contributed by atoms with Crippen molar-refractivity contribution in [3.05, 3.63) is 54.2 Å². The lowest BCUT2D eigenvalue weighted by molar-refractivity contribution is -0.133. The summed E-state index contributed by atoms with van der Waals surface area (Å²) in [5.41, 5.74) is 0.752. The van der Waals surface area contributed by atoms with Gasteiger partial charge in [-0.2, -0.15) is 0 Å². The second-order valence-corrected chi connectivity index (χ2v) is 4.42. The minimum Gasteiger partial charge on any atom is -0.462 e. The lowest BCUT2D eigenvalue weighted by Crippen LogP contribution is -2.29. The first-order chi connectivity index (χ1) is 11.1. The molecule has 2 N–H and O–H groups in total. The summed E-state index contributed by atoms with van der Waals surface area (Å²) in [6.45, 7) is 2.00.